The molecule has 0 aromatic carbocycles. The molecule has 6 heteroatoms. The maximum absolute atomic E-state index is 8.57. The van der Waals surface area contributed by atoms with Crippen molar-refractivity contribution in [1.82, 2.24) is 9.97 Å². The van der Waals surface area contributed by atoms with Crippen molar-refractivity contribution >= 4 is 23.1 Å². The number of nitrogens with zero attached hydrogens (tertiary/aromatic N) is 4. The Morgan fingerprint density at radius 2 is 2.19 bits per heavy atom. The number of halogens is 1. The van der Waals surface area contributed by atoms with Crippen molar-refractivity contribution in [3.05, 3.63) is 11.0 Å². The van der Waals surface area contributed by atoms with Crippen molar-refractivity contribution < 1.29 is 0 Å². The first-order chi connectivity index (χ1) is 7.60. The van der Waals surface area contributed by atoms with E-state index < -0.39 is 0 Å². The summed E-state index contributed by atoms with van der Waals surface area (Å²) in [5.74, 6) is 0.607. The van der Waals surface area contributed by atoms with E-state index in [0.717, 1.165) is 6.54 Å². The highest BCUT2D eigenvalue weighted by atomic mass is 35.5. The van der Waals surface area contributed by atoms with Crippen molar-refractivity contribution in [3.8, 4) is 6.07 Å². The number of nitrogen functional groups attached to an aromatic ring is 1. The topological polar surface area (TPSA) is 78.8 Å². The Bertz CT molecular complexity index is 412. The maximum atomic E-state index is 8.57. The van der Waals surface area contributed by atoms with Crippen LogP contribution < -0.4 is 10.6 Å². The third-order valence-corrected chi connectivity index (χ3v) is 2.43. The molecule has 0 aliphatic carbocycles. The largest absolute Gasteiger partial charge is 0.394 e. The van der Waals surface area contributed by atoms with E-state index in [1.807, 2.05) is 11.8 Å². The molecule has 0 saturated carbocycles. The summed E-state index contributed by atoms with van der Waals surface area (Å²) in [6.07, 6.45) is 0.425. The van der Waals surface area contributed by atoms with Gasteiger partial charge in [-0.05, 0) is 25.4 Å². The van der Waals surface area contributed by atoms with Crippen molar-refractivity contribution in [3.63, 3.8) is 0 Å². The Labute approximate surface area is 99.9 Å². The minimum Gasteiger partial charge on any atom is -0.394 e. The van der Waals surface area contributed by atoms with Crippen molar-refractivity contribution in [2.45, 2.75) is 20.3 Å². The highest BCUT2D eigenvalue weighted by Crippen LogP contribution is 2.24. The van der Waals surface area contributed by atoms with E-state index in [1.54, 1.807) is 6.92 Å². The molecule has 0 unspecified atom stereocenters. The van der Waals surface area contributed by atoms with Gasteiger partial charge in [0.25, 0.3) is 0 Å². The number of hydrogen-bond acceptors (Lipinski definition) is 5. The standard InChI is InChI=1S/C10H14ClN5/c1-3-16(6-4-5-12)9-8(13)7(2)14-10(11)15-9/h3-4,6,13H2,1-2H3. The summed E-state index contributed by atoms with van der Waals surface area (Å²) in [6.45, 7) is 5.06. The van der Waals surface area contributed by atoms with Gasteiger partial charge in [0.2, 0.25) is 5.28 Å². The predicted octanol–water partition coefficient (Wildman–Crippen LogP) is 1.76. The summed E-state index contributed by atoms with van der Waals surface area (Å²) in [5, 5.41) is 8.75. The number of aryl methyl sites for hydroxylation is 1. The molecule has 5 nitrogen and oxygen atoms in total. The Hall–Kier alpha value is -1.54. The Balaban J connectivity index is 3.05. The molecule has 2 N–H and O–H groups in total. The maximum Gasteiger partial charge on any atom is 0.224 e. The second kappa shape index (κ2) is 5.52. The molecular formula is C10H14ClN5. The fourth-order valence-electron chi connectivity index (χ4n) is 1.37. The van der Waals surface area contributed by atoms with Gasteiger partial charge in [0.05, 0.1) is 23.9 Å². The summed E-state index contributed by atoms with van der Waals surface area (Å²) in [5.41, 5.74) is 7.07. The molecule has 16 heavy (non-hydrogen) atoms. The molecule has 0 radical (unpaired) electrons. The third-order valence-electron chi connectivity index (χ3n) is 2.26. The lowest BCUT2D eigenvalue weighted by Crippen LogP contribution is -2.26. The van der Waals surface area contributed by atoms with E-state index in [-0.39, 0.29) is 5.28 Å². The summed E-state index contributed by atoms with van der Waals surface area (Å²) >= 11 is 5.79. The number of hydrogen-bond donors (Lipinski definition) is 1. The highest BCUT2D eigenvalue weighted by Gasteiger charge is 2.13. The predicted molar refractivity (Wildman–Crippen MR) is 64.3 cm³/mol. The molecule has 0 atom stereocenters. The number of rotatable bonds is 4. The second-order valence-electron chi connectivity index (χ2n) is 3.30. The molecular weight excluding hydrogens is 226 g/mol. The van der Waals surface area contributed by atoms with Gasteiger partial charge in [-0.15, -0.1) is 0 Å². The number of nitrogens with two attached hydrogens (primary N) is 1. The van der Waals surface area contributed by atoms with Crippen LogP contribution in [-0.2, 0) is 0 Å². The first-order valence-corrected chi connectivity index (χ1v) is 5.39. The van der Waals surface area contributed by atoms with E-state index in [1.165, 1.54) is 0 Å². The first-order valence-electron chi connectivity index (χ1n) is 5.01. The van der Waals surface area contributed by atoms with Crippen LogP contribution in [0.4, 0.5) is 11.5 Å². The van der Waals surface area contributed by atoms with Gasteiger partial charge < -0.3 is 10.6 Å². The first kappa shape index (κ1) is 12.5. The molecule has 0 aliphatic heterocycles. The molecule has 1 aromatic heterocycles. The number of nitriles is 1. The zero-order valence-corrected chi connectivity index (χ0v) is 10.1. The molecule has 1 aromatic rings. The Kier molecular flexibility index (Phi) is 4.32. The van der Waals surface area contributed by atoms with Crippen LogP contribution in [0.25, 0.3) is 0 Å². The molecule has 0 saturated heterocycles. The SMILES string of the molecule is CCN(CCC#N)c1nc(Cl)nc(C)c1N. The van der Waals surface area contributed by atoms with Gasteiger partial charge in [-0.2, -0.15) is 10.2 Å². The minimum atomic E-state index is 0.178. The monoisotopic (exact) mass is 239 g/mol. The summed E-state index contributed by atoms with van der Waals surface area (Å²) in [6, 6.07) is 2.09. The van der Waals surface area contributed by atoms with Crippen LogP contribution in [0, 0.1) is 18.3 Å². The lowest BCUT2D eigenvalue weighted by atomic mass is 10.3. The van der Waals surface area contributed by atoms with E-state index in [4.69, 9.17) is 22.6 Å². The van der Waals surface area contributed by atoms with Gasteiger partial charge in [0, 0.05) is 13.1 Å². The lowest BCUT2D eigenvalue weighted by molar-refractivity contribution is 0.807. The molecule has 0 bridgehead atoms. The zero-order chi connectivity index (χ0) is 12.1. The Morgan fingerprint density at radius 1 is 1.50 bits per heavy atom. The molecule has 0 aliphatic rings. The van der Waals surface area contributed by atoms with E-state index in [0.29, 0.717) is 30.2 Å². The Morgan fingerprint density at radius 3 is 2.75 bits per heavy atom. The molecule has 1 rings (SSSR count). The fourth-order valence-corrected chi connectivity index (χ4v) is 1.58. The zero-order valence-electron chi connectivity index (χ0n) is 9.37. The number of anilines is 2. The van der Waals surface area contributed by atoms with Crippen LogP contribution >= 0.6 is 11.6 Å². The highest BCUT2D eigenvalue weighted by molar-refractivity contribution is 6.28. The van der Waals surface area contributed by atoms with Crippen LogP contribution in [-0.4, -0.2) is 23.1 Å². The average molecular weight is 240 g/mol. The van der Waals surface area contributed by atoms with Crippen LogP contribution in [0.3, 0.4) is 0 Å². The molecule has 0 spiro atoms. The van der Waals surface area contributed by atoms with Crippen LogP contribution in [0.5, 0.6) is 0 Å². The fraction of sp³-hybridized carbons (Fsp3) is 0.500. The van der Waals surface area contributed by atoms with Gasteiger partial charge in [0.1, 0.15) is 0 Å². The molecule has 0 amide bonds. The van der Waals surface area contributed by atoms with Gasteiger partial charge in [-0.1, -0.05) is 0 Å². The normalized spacial score (nSPS) is 9.88. The second-order valence-corrected chi connectivity index (χ2v) is 3.64. The third kappa shape index (κ3) is 2.74. The molecule has 1 heterocycles. The van der Waals surface area contributed by atoms with Crippen LogP contribution in [0.15, 0.2) is 0 Å². The van der Waals surface area contributed by atoms with Crippen molar-refractivity contribution in [2.24, 2.45) is 0 Å². The van der Waals surface area contributed by atoms with Crippen molar-refractivity contribution in [2.75, 3.05) is 23.7 Å². The van der Waals surface area contributed by atoms with E-state index in [2.05, 4.69) is 16.0 Å². The average Bonchev–Trinajstić information content (AvgIpc) is 2.25. The quantitative estimate of drug-likeness (QED) is 0.810. The van der Waals surface area contributed by atoms with Crippen molar-refractivity contribution in [1.29, 1.82) is 5.26 Å². The van der Waals surface area contributed by atoms with Gasteiger partial charge in [0.15, 0.2) is 5.82 Å². The molecule has 0 fully saturated rings. The van der Waals surface area contributed by atoms with Crippen LogP contribution in [0.2, 0.25) is 5.28 Å². The summed E-state index contributed by atoms with van der Waals surface area (Å²) < 4.78 is 0. The van der Waals surface area contributed by atoms with Crippen LogP contribution in [0.1, 0.15) is 19.0 Å². The minimum absolute atomic E-state index is 0.178. The summed E-state index contributed by atoms with van der Waals surface area (Å²) in [7, 11) is 0. The van der Waals surface area contributed by atoms with Gasteiger partial charge in [-0.25, -0.2) is 4.98 Å². The van der Waals surface area contributed by atoms with E-state index in [9.17, 15) is 0 Å². The number of aromatic nitrogens is 2. The van der Waals surface area contributed by atoms with Gasteiger partial charge in [-0.3, -0.25) is 0 Å². The summed E-state index contributed by atoms with van der Waals surface area (Å²) in [4.78, 5) is 9.99. The van der Waals surface area contributed by atoms with Gasteiger partial charge >= 0.3 is 0 Å². The lowest BCUT2D eigenvalue weighted by Gasteiger charge is -2.22. The van der Waals surface area contributed by atoms with E-state index >= 15 is 0 Å². The molecule has 86 valence electrons. The smallest absolute Gasteiger partial charge is 0.224 e.